The lowest BCUT2D eigenvalue weighted by molar-refractivity contribution is -0.385. The van der Waals surface area contributed by atoms with Crippen LogP contribution in [-0.2, 0) is 6.54 Å². The van der Waals surface area contributed by atoms with Crippen molar-refractivity contribution >= 4 is 38.3 Å². The fraction of sp³-hybridized carbons (Fsp3) is 0.174. The lowest BCUT2D eigenvalue weighted by atomic mass is 10.1. The molecule has 0 atom stereocenters. The molecule has 4 rings (SSSR count). The smallest absolute Gasteiger partial charge is 0.273 e. The summed E-state index contributed by atoms with van der Waals surface area (Å²) in [4.78, 5) is 34.9. The van der Waals surface area contributed by atoms with Crippen LogP contribution in [0.1, 0.15) is 32.6 Å². The number of anilines is 1. The lowest BCUT2D eigenvalue weighted by Gasteiger charge is -2.21. The molecule has 4 aromatic rings. The molecule has 0 N–H and O–H groups in total. The standard InChI is InChI=1S/C23H20N4O3S/c1-14-10-19-21(11-15(14)2)31-23(25-19)26(13-17-6-5-9-24-12-17)22(28)18-7-4-8-20(16(18)3)27(29)30/h4-12H,13H2,1-3H3. The highest BCUT2D eigenvalue weighted by atomic mass is 32.1. The first kappa shape index (κ1) is 20.6. The molecule has 2 heterocycles. The number of benzene rings is 2. The first-order valence-corrected chi connectivity index (χ1v) is 10.5. The van der Waals surface area contributed by atoms with Gasteiger partial charge >= 0.3 is 0 Å². The summed E-state index contributed by atoms with van der Waals surface area (Å²) in [6.07, 6.45) is 3.37. The average Bonchev–Trinajstić information content (AvgIpc) is 3.15. The number of carbonyl (C=O) groups is 1. The van der Waals surface area contributed by atoms with Gasteiger partial charge < -0.3 is 0 Å². The molecule has 31 heavy (non-hydrogen) atoms. The van der Waals surface area contributed by atoms with Gasteiger partial charge in [-0.1, -0.05) is 23.5 Å². The van der Waals surface area contributed by atoms with Crippen molar-refractivity contribution < 1.29 is 9.72 Å². The molecule has 156 valence electrons. The quantitative estimate of drug-likeness (QED) is 0.312. The second-order valence-electron chi connectivity index (χ2n) is 7.36. The SMILES string of the molecule is Cc1cc2nc(N(Cc3cccnc3)C(=O)c3cccc([N+](=O)[O-])c3C)sc2cc1C. The lowest BCUT2D eigenvalue weighted by Crippen LogP contribution is -2.31. The molecule has 0 saturated carbocycles. The second kappa shape index (κ2) is 8.23. The number of aromatic nitrogens is 2. The Labute approximate surface area is 183 Å². The minimum absolute atomic E-state index is 0.0808. The molecular formula is C23H20N4O3S. The molecule has 0 spiro atoms. The predicted octanol–water partition coefficient (Wildman–Crippen LogP) is 5.37. The average molecular weight is 433 g/mol. The van der Waals surface area contributed by atoms with Crippen molar-refractivity contribution in [3.8, 4) is 0 Å². The number of nitrogens with zero attached hydrogens (tertiary/aromatic N) is 4. The maximum absolute atomic E-state index is 13.6. The number of carbonyl (C=O) groups excluding carboxylic acids is 1. The van der Waals surface area contributed by atoms with Crippen molar-refractivity contribution in [3.63, 3.8) is 0 Å². The van der Waals surface area contributed by atoms with E-state index in [1.165, 1.54) is 23.5 Å². The van der Waals surface area contributed by atoms with Gasteiger partial charge in [-0.2, -0.15) is 0 Å². The number of fused-ring (bicyclic) bond motifs is 1. The molecule has 0 fully saturated rings. The number of nitro benzene ring substituents is 1. The highest BCUT2D eigenvalue weighted by molar-refractivity contribution is 7.22. The van der Waals surface area contributed by atoms with E-state index in [2.05, 4.69) is 11.1 Å². The van der Waals surface area contributed by atoms with Crippen molar-refractivity contribution in [1.29, 1.82) is 0 Å². The van der Waals surface area contributed by atoms with E-state index in [1.807, 2.05) is 32.0 Å². The Morgan fingerprint density at radius 1 is 1.13 bits per heavy atom. The van der Waals surface area contributed by atoms with E-state index in [4.69, 9.17) is 4.98 Å². The van der Waals surface area contributed by atoms with Crippen LogP contribution in [0, 0.1) is 30.9 Å². The third kappa shape index (κ3) is 4.02. The number of thiazole rings is 1. The first-order chi connectivity index (χ1) is 14.8. The van der Waals surface area contributed by atoms with E-state index in [-0.39, 0.29) is 23.7 Å². The van der Waals surface area contributed by atoms with Gasteiger partial charge in [-0.3, -0.25) is 24.8 Å². The van der Waals surface area contributed by atoms with Crippen molar-refractivity contribution in [1.82, 2.24) is 9.97 Å². The zero-order chi connectivity index (χ0) is 22.1. The summed E-state index contributed by atoms with van der Waals surface area (Å²) < 4.78 is 0.984. The van der Waals surface area contributed by atoms with Crippen molar-refractivity contribution in [3.05, 3.63) is 92.8 Å². The summed E-state index contributed by atoms with van der Waals surface area (Å²) in [5.41, 5.74) is 4.48. The van der Waals surface area contributed by atoms with Crippen molar-refractivity contribution in [2.24, 2.45) is 0 Å². The topological polar surface area (TPSA) is 89.2 Å². The maximum Gasteiger partial charge on any atom is 0.273 e. The number of aryl methyl sites for hydroxylation is 2. The van der Waals surface area contributed by atoms with E-state index >= 15 is 0 Å². The molecule has 0 bridgehead atoms. The van der Waals surface area contributed by atoms with Crippen LogP contribution in [0.5, 0.6) is 0 Å². The van der Waals surface area contributed by atoms with Gasteiger partial charge in [-0.15, -0.1) is 0 Å². The molecule has 1 amide bonds. The van der Waals surface area contributed by atoms with Crippen LogP contribution in [0.25, 0.3) is 10.2 Å². The van der Waals surface area contributed by atoms with Gasteiger partial charge in [0.05, 0.1) is 21.7 Å². The maximum atomic E-state index is 13.6. The van der Waals surface area contributed by atoms with Gasteiger partial charge in [0, 0.05) is 29.6 Å². The van der Waals surface area contributed by atoms with Crippen molar-refractivity contribution in [2.45, 2.75) is 27.3 Å². The molecule has 0 saturated heterocycles. The number of nitro groups is 1. The molecule has 0 aliphatic rings. The Balaban J connectivity index is 1.83. The Morgan fingerprint density at radius 3 is 2.61 bits per heavy atom. The van der Waals surface area contributed by atoms with E-state index in [1.54, 1.807) is 30.3 Å². The van der Waals surface area contributed by atoms with Gasteiger partial charge in [-0.05, 0) is 61.7 Å². The number of amides is 1. The van der Waals surface area contributed by atoms with Crippen LogP contribution in [-0.4, -0.2) is 20.8 Å². The van der Waals surface area contributed by atoms with Gasteiger partial charge in [0.1, 0.15) is 0 Å². The molecule has 2 aromatic heterocycles. The highest BCUT2D eigenvalue weighted by Crippen LogP contribution is 2.33. The predicted molar refractivity (Wildman–Crippen MR) is 122 cm³/mol. The second-order valence-corrected chi connectivity index (χ2v) is 8.37. The van der Waals surface area contributed by atoms with Crippen LogP contribution in [0.3, 0.4) is 0 Å². The zero-order valence-electron chi connectivity index (χ0n) is 17.3. The van der Waals surface area contributed by atoms with Gasteiger partial charge in [-0.25, -0.2) is 4.98 Å². The van der Waals surface area contributed by atoms with Crippen molar-refractivity contribution in [2.75, 3.05) is 4.90 Å². The molecule has 8 heteroatoms. The molecule has 0 aliphatic carbocycles. The minimum Gasteiger partial charge on any atom is -0.279 e. The monoisotopic (exact) mass is 432 g/mol. The third-order valence-corrected chi connectivity index (χ3v) is 6.31. The summed E-state index contributed by atoms with van der Waals surface area (Å²) in [6, 6.07) is 12.3. The first-order valence-electron chi connectivity index (χ1n) is 9.67. The van der Waals surface area contributed by atoms with Crippen LogP contribution >= 0.6 is 11.3 Å². The number of hydrogen-bond donors (Lipinski definition) is 0. The molecular weight excluding hydrogens is 412 g/mol. The largest absolute Gasteiger partial charge is 0.279 e. The molecule has 0 aliphatic heterocycles. The number of pyridine rings is 1. The molecule has 7 nitrogen and oxygen atoms in total. The number of rotatable bonds is 5. The fourth-order valence-corrected chi connectivity index (χ4v) is 4.43. The highest BCUT2D eigenvalue weighted by Gasteiger charge is 2.26. The normalized spacial score (nSPS) is 10.9. The Morgan fingerprint density at radius 2 is 1.90 bits per heavy atom. The van der Waals surface area contributed by atoms with Crippen LogP contribution < -0.4 is 4.90 Å². The summed E-state index contributed by atoms with van der Waals surface area (Å²) in [5, 5.41) is 11.9. The number of hydrogen-bond acceptors (Lipinski definition) is 6. The zero-order valence-corrected chi connectivity index (χ0v) is 18.1. The van der Waals surface area contributed by atoms with E-state index in [0.29, 0.717) is 10.7 Å². The van der Waals surface area contributed by atoms with Gasteiger partial charge in [0.2, 0.25) is 0 Å². The summed E-state index contributed by atoms with van der Waals surface area (Å²) >= 11 is 1.43. The summed E-state index contributed by atoms with van der Waals surface area (Å²) in [6.45, 7) is 5.92. The van der Waals surface area contributed by atoms with Crippen LogP contribution in [0.4, 0.5) is 10.8 Å². The van der Waals surface area contributed by atoms with E-state index in [0.717, 1.165) is 26.9 Å². The van der Waals surface area contributed by atoms with E-state index < -0.39 is 4.92 Å². The molecule has 2 aromatic carbocycles. The Bertz CT molecular complexity index is 1260. The Hall–Kier alpha value is -3.65. The Kier molecular flexibility index (Phi) is 5.48. The molecule has 0 radical (unpaired) electrons. The third-order valence-electron chi connectivity index (χ3n) is 5.26. The fourth-order valence-electron chi connectivity index (χ4n) is 3.38. The van der Waals surface area contributed by atoms with Crippen LogP contribution in [0.15, 0.2) is 54.9 Å². The van der Waals surface area contributed by atoms with Crippen LogP contribution in [0.2, 0.25) is 0 Å². The minimum atomic E-state index is -0.471. The van der Waals surface area contributed by atoms with E-state index in [9.17, 15) is 14.9 Å². The summed E-state index contributed by atoms with van der Waals surface area (Å²) in [7, 11) is 0. The van der Waals surface area contributed by atoms with Gasteiger partial charge in [0.15, 0.2) is 5.13 Å². The van der Waals surface area contributed by atoms with Gasteiger partial charge in [0.25, 0.3) is 11.6 Å². The molecule has 0 unspecified atom stereocenters. The summed E-state index contributed by atoms with van der Waals surface area (Å²) in [5.74, 6) is -0.336.